The van der Waals surface area contributed by atoms with Crippen LogP contribution in [-0.2, 0) is 6.61 Å². The number of fused-ring (bicyclic) bond motifs is 1. The Hall–Kier alpha value is -2.50. The van der Waals surface area contributed by atoms with E-state index in [1.807, 2.05) is 48.3 Å². The lowest BCUT2D eigenvalue weighted by atomic mass is 9.98. The smallest absolute Gasteiger partial charge is 0.289 e. The maximum atomic E-state index is 12.8. The van der Waals surface area contributed by atoms with E-state index >= 15 is 0 Å². The highest BCUT2D eigenvalue weighted by atomic mass is 35.5. The number of carbonyl (C=O) groups excluding carboxylic acids is 1. The predicted molar refractivity (Wildman–Crippen MR) is 117 cm³/mol. The number of carbonyl (C=O) groups is 1. The van der Waals surface area contributed by atoms with Gasteiger partial charge in [-0.2, -0.15) is 0 Å². The number of halogens is 1. The fourth-order valence-corrected chi connectivity index (χ4v) is 3.84. The van der Waals surface area contributed by atoms with E-state index < -0.39 is 0 Å². The van der Waals surface area contributed by atoms with Crippen LogP contribution in [0.3, 0.4) is 0 Å². The highest BCUT2D eigenvalue weighted by Crippen LogP contribution is 2.23. The zero-order chi connectivity index (χ0) is 19.3. The molecule has 2 heterocycles. The first kappa shape index (κ1) is 21.2. The van der Waals surface area contributed by atoms with Crippen molar-refractivity contribution in [2.75, 3.05) is 26.7 Å². The van der Waals surface area contributed by atoms with Gasteiger partial charge in [-0.3, -0.25) is 4.79 Å². The average molecular weight is 415 g/mol. The quantitative estimate of drug-likeness (QED) is 0.645. The van der Waals surface area contributed by atoms with E-state index in [9.17, 15) is 4.79 Å². The second-order valence-electron chi connectivity index (χ2n) is 7.38. The third-order valence-electron chi connectivity index (χ3n) is 5.27. The van der Waals surface area contributed by atoms with Crippen molar-refractivity contribution in [2.45, 2.75) is 19.4 Å². The van der Waals surface area contributed by atoms with Crippen molar-refractivity contribution in [3.05, 3.63) is 66.1 Å². The molecule has 0 bridgehead atoms. The molecule has 1 amide bonds. The zero-order valence-electron chi connectivity index (χ0n) is 16.6. The second kappa shape index (κ2) is 9.81. The largest absolute Gasteiger partial charge is 0.486 e. The van der Waals surface area contributed by atoms with Crippen LogP contribution in [0.4, 0.5) is 0 Å². The summed E-state index contributed by atoms with van der Waals surface area (Å²) in [7, 11) is 1.95. The fourth-order valence-electron chi connectivity index (χ4n) is 3.84. The van der Waals surface area contributed by atoms with Gasteiger partial charge in [0.1, 0.15) is 18.1 Å². The highest BCUT2D eigenvalue weighted by Gasteiger charge is 2.26. The number of nitrogens with one attached hydrogen (secondary N) is 1. The maximum Gasteiger partial charge on any atom is 0.289 e. The maximum absolute atomic E-state index is 12.8. The summed E-state index contributed by atoms with van der Waals surface area (Å²) in [6, 6.07) is 17.8. The Balaban J connectivity index is 0.00000240. The van der Waals surface area contributed by atoms with Crippen LogP contribution in [0.2, 0.25) is 0 Å². The molecule has 1 fully saturated rings. The molecule has 0 aliphatic carbocycles. The van der Waals surface area contributed by atoms with Crippen LogP contribution < -0.4 is 10.1 Å². The van der Waals surface area contributed by atoms with Crippen molar-refractivity contribution in [3.8, 4) is 5.75 Å². The van der Waals surface area contributed by atoms with E-state index in [1.165, 1.54) is 5.39 Å². The van der Waals surface area contributed by atoms with E-state index in [0.717, 1.165) is 43.6 Å². The summed E-state index contributed by atoms with van der Waals surface area (Å²) in [5.41, 5.74) is 0. The SMILES string of the molecule is CNCC1CCCN(C(=O)c2ccc(COc3ccc4ccccc4c3)o2)C1.Cl. The third kappa shape index (κ3) is 5.11. The summed E-state index contributed by atoms with van der Waals surface area (Å²) >= 11 is 0. The molecule has 1 aromatic heterocycles. The predicted octanol–water partition coefficient (Wildman–Crippen LogP) is 4.51. The standard InChI is InChI=1S/C23H26N2O3.ClH/c1-24-14-17-5-4-12-25(15-17)23(26)22-11-10-21(28-22)16-27-20-9-8-18-6-2-3-7-19(18)13-20;/h2-3,6-11,13,17,24H,4-5,12,14-16H2,1H3;1H. The molecule has 1 saturated heterocycles. The minimum absolute atomic E-state index is 0. The summed E-state index contributed by atoms with van der Waals surface area (Å²) in [6.45, 7) is 2.81. The first-order valence-electron chi connectivity index (χ1n) is 9.87. The van der Waals surface area contributed by atoms with Crippen LogP contribution in [-0.4, -0.2) is 37.5 Å². The van der Waals surface area contributed by atoms with E-state index in [1.54, 1.807) is 6.07 Å². The molecule has 6 heteroatoms. The molecule has 2 aromatic carbocycles. The van der Waals surface area contributed by atoms with E-state index in [4.69, 9.17) is 9.15 Å². The molecular weight excluding hydrogens is 388 g/mol. The molecule has 5 nitrogen and oxygen atoms in total. The molecule has 1 atom stereocenters. The van der Waals surface area contributed by atoms with E-state index in [0.29, 0.717) is 24.0 Å². The molecule has 1 N–H and O–H groups in total. The minimum Gasteiger partial charge on any atom is -0.486 e. The van der Waals surface area contributed by atoms with Gasteiger partial charge in [-0.05, 0) is 67.4 Å². The molecule has 1 aliphatic heterocycles. The van der Waals surface area contributed by atoms with E-state index in [2.05, 4.69) is 17.4 Å². The Morgan fingerprint density at radius 3 is 2.83 bits per heavy atom. The number of hydrogen-bond donors (Lipinski definition) is 1. The summed E-state index contributed by atoms with van der Waals surface area (Å²) < 4.78 is 11.6. The molecule has 1 aliphatic rings. The zero-order valence-corrected chi connectivity index (χ0v) is 17.4. The average Bonchev–Trinajstić information content (AvgIpc) is 3.21. The van der Waals surface area contributed by atoms with Gasteiger partial charge in [0, 0.05) is 13.1 Å². The molecular formula is C23H27ClN2O3. The number of nitrogens with zero attached hydrogens (tertiary/aromatic N) is 1. The minimum atomic E-state index is -0.0299. The van der Waals surface area contributed by atoms with Crippen LogP contribution >= 0.6 is 12.4 Å². The number of rotatable bonds is 6. The number of hydrogen-bond acceptors (Lipinski definition) is 4. The van der Waals surface area contributed by atoms with Gasteiger partial charge in [-0.1, -0.05) is 30.3 Å². The second-order valence-corrected chi connectivity index (χ2v) is 7.38. The first-order valence-corrected chi connectivity index (χ1v) is 9.87. The summed E-state index contributed by atoms with van der Waals surface area (Å²) in [6.07, 6.45) is 2.20. The molecule has 0 saturated carbocycles. The number of likely N-dealkylation sites (tertiary alicyclic amines) is 1. The van der Waals surface area contributed by atoms with Crippen molar-refractivity contribution < 1.29 is 13.9 Å². The Kier molecular flexibility index (Phi) is 7.18. The lowest BCUT2D eigenvalue weighted by Gasteiger charge is -2.32. The number of piperidine rings is 1. The number of furan rings is 1. The Bertz CT molecular complexity index is 954. The number of benzene rings is 2. The van der Waals surface area contributed by atoms with Crippen molar-refractivity contribution in [2.24, 2.45) is 5.92 Å². The van der Waals surface area contributed by atoms with Crippen LogP contribution in [0, 0.1) is 5.92 Å². The normalized spacial score (nSPS) is 16.4. The Morgan fingerprint density at radius 2 is 2.00 bits per heavy atom. The van der Waals surface area contributed by atoms with E-state index in [-0.39, 0.29) is 18.3 Å². The van der Waals surface area contributed by atoms with Gasteiger partial charge in [0.05, 0.1) is 0 Å². The monoisotopic (exact) mass is 414 g/mol. The number of ether oxygens (including phenoxy) is 1. The van der Waals surface area contributed by atoms with Crippen molar-refractivity contribution in [3.63, 3.8) is 0 Å². The molecule has 0 radical (unpaired) electrons. The van der Waals surface area contributed by atoms with Gasteiger partial charge >= 0.3 is 0 Å². The third-order valence-corrected chi connectivity index (χ3v) is 5.27. The lowest BCUT2D eigenvalue weighted by molar-refractivity contribution is 0.0638. The van der Waals surface area contributed by atoms with Gasteiger partial charge in [0.2, 0.25) is 0 Å². The summed E-state index contributed by atoms with van der Waals surface area (Å²) in [5, 5.41) is 5.52. The van der Waals surface area contributed by atoms with Crippen molar-refractivity contribution in [1.82, 2.24) is 10.2 Å². The van der Waals surface area contributed by atoms with Crippen LogP contribution in [0.5, 0.6) is 5.75 Å². The molecule has 4 rings (SSSR count). The lowest BCUT2D eigenvalue weighted by Crippen LogP contribution is -2.42. The van der Waals surface area contributed by atoms with Gasteiger partial charge in [-0.15, -0.1) is 12.4 Å². The van der Waals surface area contributed by atoms with Gasteiger partial charge in [0.25, 0.3) is 5.91 Å². The van der Waals surface area contributed by atoms with Crippen LogP contribution in [0.1, 0.15) is 29.2 Å². The molecule has 1 unspecified atom stereocenters. The Labute approximate surface area is 177 Å². The molecule has 3 aromatic rings. The number of amides is 1. The summed E-state index contributed by atoms with van der Waals surface area (Å²) in [4.78, 5) is 14.7. The van der Waals surface area contributed by atoms with Crippen LogP contribution in [0.15, 0.2) is 59.0 Å². The van der Waals surface area contributed by atoms with Gasteiger partial charge in [0.15, 0.2) is 5.76 Å². The molecule has 154 valence electrons. The van der Waals surface area contributed by atoms with Crippen LogP contribution in [0.25, 0.3) is 10.8 Å². The van der Waals surface area contributed by atoms with Crippen molar-refractivity contribution >= 4 is 29.1 Å². The first-order chi connectivity index (χ1) is 13.7. The fraction of sp³-hybridized carbons (Fsp3) is 0.348. The Morgan fingerprint density at radius 1 is 1.17 bits per heavy atom. The highest BCUT2D eigenvalue weighted by molar-refractivity contribution is 5.91. The van der Waals surface area contributed by atoms with Gasteiger partial charge < -0.3 is 19.4 Å². The van der Waals surface area contributed by atoms with Crippen molar-refractivity contribution in [1.29, 1.82) is 0 Å². The molecule has 0 spiro atoms. The summed E-state index contributed by atoms with van der Waals surface area (Å²) in [5.74, 6) is 2.31. The van der Waals surface area contributed by atoms with Gasteiger partial charge in [-0.25, -0.2) is 0 Å². The topological polar surface area (TPSA) is 54.7 Å². The molecule has 29 heavy (non-hydrogen) atoms.